The molecule has 24 heavy (non-hydrogen) atoms. The highest BCUT2D eigenvalue weighted by atomic mass is 32.1. The summed E-state index contributed by atoms with van der Waals surface area (Å²) >= 11 is 1.63. The molecular weight excluding hydrogens is 320 g/mol. The molecule has 1 aromatic heterocycles. The van der Waals surface area contributed by atoms with E-state index in [-0.39, 0.29) is 18.6 Å². The van der Waals surface area contributed by atoms with Crippen molar-refractivity contribution in [1.29, 1.82) is 0 Å². The molecule has 3 rings (SSSR count). The minimum absolute atomic E-state index is 0.0165. The summed E-state index contributed by atoms with van der Waals surface area (Å²) in [6.45, 7) is 7.32. The molecule has 1 aliphatic rings. The Kier molecular flexibility index (Phi) is 5.04. The van der Waals surface area contributed by atoms with Crippen molar-refractivity contribution in [3.63, 3.8) is 0 Å². The smallest absolute Gasteiger partial charge is 0.239 e. The molecule has 4 nitrogen and oxygen atoms in total. The summed E-state index contributed by atoms with van der Waals surface area (Å²) in [6.07, 6.45) is 0.913. The summed E-state index contributed by atoms with van der Waals surface area (Å²) in [5.41, 5.74) is 4.80. The molecule has 0 fully saturated rings. The third-order valence-corrected chi connectivity index (χ3v) is 6.21. The number of benzene rings is 1. The number of nitrogens with zero attached hydrogens (tertiary/aromatic N) is 1. The van der Waals surface area contributed by atoms with E-state index in [2.05, 4.69) is 36.2 Å². The first-order valence-corrected chi connectivity index (χ1v) is 9.12. The van der Waals surface area contributed by atoms with Gasteiger partial charge >= 0.3 is 0 Å². The van der Waals surface area contributed by atoms with Crippen LogP contribution in [0.15, 0.2) is 24.3 Å². The number of hydrogen-bond acceptors (Lipinski definition) is 4. The molecule has 1 atom stereocenters. The molecule has 2 N–H and O–H groups in total. The zero-order chi connectivity index (χ0) is 17.3. The molecule has 2 heterocycles. The van der Waals surface area contributed by atoms with Crippen LogP contribution in [0.1, 0.15) is 33.2 Å². The minimum atomic E-state index is -0.103. The Morgan fingerprint density at radius 2 is 2.04 bits per heavy atom. The van der Waals surface area contributed by atoms with Gasteiger partial charge in [0.15, 0.2) is 0 Å². The summed E-state index contributed by atoms with van der Waals surface area (Å²) in [7, 11) is 0. The van der Waals surface area contributed by atoms with E-state index in [9.17, 15) is 9.90 Å². The molecule has 1 aromatic carbocycles. The van der Waals surface area contributed by atoms with Crippen molar-refractivity contribution in [3.8, 4) is 0 Å². The number of anilines is 1. The van der Waals surface area contributed by atoms with Gasteiger partial charge in [-0.05, 0) is 49.4 Å². The van der Waals surface area contributed by atoms with E-state index in [0.29, 0.717) is 6.54 Å². The Balaban J connectivity index is 1.71. The van der Waals surface area contributed by atoms with Crippen molar-refractivity contribution in [2.24, 2.45) is 0 Å². The summed E-state index contributed by atoms with van der Waals surface area (Å²) < 4.78 is 0. The molecule has 0 spiro atoms. The highest BCUT2D eigenvalue weighted by molar-refractivity contribution is 7.16. The maximum Gasteiger partial charge on any atom is 0.239 e. The van der Waals surface area contributed by atoms with Gasteiger partial charge < -0.3 is 10.4 Å². The Bertz CT molecular complexity index is 754. The van der Waals surface area contributed by atoms with Gasteiger partial charge in [-0.1, -0.05) is 24.3 Å². The second-order valence-corrected chi connectivity index (χ2v) is 7.63. The van der Waals surface area contributed by atoms with E-state index >= 15 is 0 Å². The van der Waals surface area contributed by atoms with Crippen molar-refractivity contribution in [3.05, 3.63) is 51.4 Å². The molecule has 1 amide bonds. The van der Waals surface area contributed by atoms with E-state index < -0.39 is 0 Å². The van der Waals surface area contributed by atoms with Crippen molar-refractivity contribution < 1.29 is 9.90 Å². The lowest BCUT2D eigenvalue weighted by atomic mass is 9.93. The third-order valence-electron chi connectivity index (χ3n) is 4.98. The van der Waals surface area contributed by atoms with Crippen molar-refractivity contribution in [2.75, 3.05) is 25.0 Å². The average molecular weight is 344 g/mol. The summed E-state index contributed by atoms with van der Waals surface area (Å²) in [6, 6.07) is 8.08. The van der Waals surface area contributed by atoms with Crippen LogP contribution in [0.5, 0.6) is 0 Å². The van der Waals surface area contributed by atoms with Crippen LogP contribution < -0.4 is 5.32 Å². The van der Waals surface area contributed by atoms with Crippen molar-refractivity contribution in [2.45, 2.75) is 33.2 Å². The van der Waals surface area contributed by atoms with E-state index in [1.165, 1.54) is 16.0 Å². The molecule has 0 saturated heterocycles. The number of aliphatic hydroxyl groups is 1. The number of carbonyl (C=O) groups excluding carboxylic acids is 1. The van der Waals surface area contributed by atoms with Gasteiger partial charge in [-0.15, -0.1) is 11.3 Å². The van der Waals surface area contributed by atoms with Crippen LogP contribution in [0, 0.1) is 20.8 Å². The number of nitrogens with one attached hydrogen (secondary N) is 1. The minimum Gasteiger partial charge on any atom is -0.394 e. The first-order valence-electron chi connectivity index (χ1n) is 8.30. The molecule has 2 aromatic rings. The predicted octanol–water partition coefficient (Wildman–Crippen LogP) is 3.20. The third kappa shape index (κ3) is 3.24. The standard InChI is InChI=1S/C19H24N2O2S/c1-12-13(2)19(24-14(12)3)20-18(23)10-21-9-8-15-6-4-5-7-16(15)17(21)11-22/h4-7,17,22H,8-11H2,1-3H3,(H,20,23). The normalized spacial score (nSPS) is 17.6. The maximum absolute atomic E-state index is 12.5. The second-order valence-electron chi connectivity index (χ2n) is 6.40. The Hall–Kier alpha value is -1.69. The molecular formula is C19H24N2O2S. The van der Waals surface area contributed by atoms with Gasteiger partial charge in [-0.2, -0.15) is 0 Å². The van der Waals surface area contributed by atoms with Gasteiger partial charge in [0, 0.05) is 11.4 Å². The first kappa shape index (κ1) is 17.1. The fraction of sp³-hybridized carbons (Fsp3) is 0.421. The van der Waals surface area contributed by atoms with Crippen LogP contribution in [-0.4, -0.2) is 35.6 Å². The zero-order valence-corrected chi connectivity index (χ0v) is 15.2. The van der Waals surface area contributed by atoms with Crippen LogP contribution in [0.4, 0.5) is 5.00 Å². The number of carbonyl (C=O) groups is 1. The Labute approximate surface area is 147 Å². The lowest BCUT2D eigenvalue weighted by Gasteiger charge is -2.35. The monoisotopic (exact) mass is 344 g/mol. The number of aryl methyl sites for hydroxylation is 1. The van der Waals surface area contributed by atoms with Gasteiger partial charge in [-0.25, -0.2) is 0 Å². The number of thiophene rings is 1. The van der Waals surface area contributed by atoms with Gasteiger partial charge in [0.05, 0.1) is 24.2 Å². The second kappa shape index (κ2) is 7.05. The summed E-state index contributed by atoms with van der Waals surface area (Å²) in [5, 5.41) is 13.8. The van der Waals surface area contributed by atoms with E-state index in [0.717, 1.165) is 29.1 Å². The van der Waals surface area contributed by atoms with Gasteiger partial charge in [0.2, 0.25) is 5.91 Å². The van der Waals surface area contributed by atoms with Crippen LogP contribution in [-0.2, 0) is 11.2 Å². The largest absolute Gasteiger partial charge is 0.394 e. The fourth-order valence-corrected chi connectivity index (χ4v) is 4.40. The summed E-state index contributed by atoms with van der Waals surface area (Å²) in [5.74, 6) is -0.0165. The fourth-order valence-electron chi connectivity index (χ4n) is 3.32. The van der Waals surface area contributed by atoms with Crippen molar-refractivity contribution >= 4 is 22.2 Å². The highest BCUT2D eigenvalue weighted by Gasteiger charge is 2.28. The number of fused-ring (bicyclic) bond motifs is 1. The molecule has 1 aliphatic heterocycles. The average Bonchev–Trinajstić information content (AvgIpc) is 2.81. The van der Waals surface area contributed by atoms with E-state index in [4.69, 9.17) is 0 Å². The van der Waals surface area contributed by atoms with Gasteiger partial charge in [0.1, 0.15) is 0 Å². The zero-order valence-electron chi connectivity index (χ0n) is 14.4. The molecule has 0 radical (unpaired) electrons. The predicted molar refractivity (Wildman–Crippen MR) is 98.7 cm³/mol. The van der Waals surface area contributed by atoms with Gasteiger partial charge in [-0.3, -0.25) is 9.69 Å². The van der Waals surface area contributed by atoms with Crippen LogP contribution in [0.3, 0.4) is 0 Å². The number of rotatable bonds is 4. The molecule has 5 heteroatoms. The topological polar surface area (TPSA) is 52.6 Å². The van der Waals surface area contributed by atoms with Gasteiger partial charge in [0.25, 0.3) is 0 Å². The molecule has 1 unspecified atom stereocenters. The van der Waals surface area contributed by atoms with E-state index in [1.807, 2.05) is 19.1 Å². The Morgan fingerprint density at radius 1 is 1.29 bits per heavy atom. The number of amides is 1. The lowest BCUT2D eigenvalue weighted by Crippen LogP contribution is -2.42. The quantitative estimate of drug-likeness (QED) is 0.895. The van der Waals surface area contributed by atoms with Crippen LogP contribution >= 0.6 is 11.3 Å². The number of hydrogen-bond donors (Lipinski definition) is 2. The first-order chi connectivity index (χ1) is 11.5. The Morgan fingerprint density at radius 3 is 2.71 bits per heavy atom. The SMILES string of the molecule is Cc1sc(NC(=O)CN2CCc3ccccc3C2CO)c(C)c1C. The van der Waals surface area contributed by atoms with E-state index in [1.54, 1.807) is 11.3 Å². The lowest BCUT2D eigenvalue weighted by molar-refractivity contribution is -0.118. The molecule has 0 saturated carbocycles. The molecule has 128 valence electrons. The molecule has 0 aliphatic carbocycles. The molecule has 0 bridgehead atoms. The summed E-state index contributed by atoms with van der Waals surface area (Å²) in [4.78, 5) is 15.8. The number of aliphatic hydroxyl groups excluding tert-OH is 1. The van der Waals surface area contributed by atoms with Crippen LogP contribution in [0.2, 0.25) is 0 Å². The van der Waals surface area contributed by atoms with Crippen LogP contribution in [0.25, 0.3) is 0 Å². The van der Waals surface area contributed by atoms with Crippen molar-refractivity contribution in [1.82, 2.24) is 4.90 Å². The highest BCUT2D eigenvalue weighted by Crippen LogP contribution is 2.32. The maximum atomic E-state index is 12.5.